The van der Waals surface area contributed by atoms with Crippen LogP contribution in [0, 0.1) is 5.92 Å². The van der Waals surface area contributed by atoms with Crippen LogP contribution in [0.3, 0.4) is 0 Å². The van der Waals surface area contributed by atoms with Crippen molar-refractivity contribution < 1.29 is 22.8 Å². The molecule has 3 aliphatic rings. The summed E-state index contributed by atoms with van der Waals surface area (Å²) in [6.45, 7) is 2.05. The van der Waals surface area contributed by atoms with Crippen LogP contribution < -0.4 is 5.32 Å². The van der Waals surface area contributed by atoms with Crippen LogP contribution in [-0.4, -0.2) is 78.6 Å². The third kappa shape index (κ3) is 3.65. The number of carbonyl (C=O) groups is 3. The molecule has 1 aromatic rings. The second-order valence-electron chi connectivity index (χ2n) is 7.64. The first kappa shape index (κ1) is 20.6. The van der Waals surface area contributed by atoms with Gasteiger partial charge in [0.05, 0.1) is 4.34 Å². The van der Waals surface area contributed by atoms with Crippen molar-refractivity contribution >= 4 is 50.8 Å². The predicted molar refractivity (Wildman–Crippen MR) is 106 cm³/mol. The SMILES string of the molecule is CC1(C2CC2)NC(=O)N(CC(=O)N2CCN(S(=O)(=O)c3ccc(Cl)s3)CC2)C1=O. The molecule has 2 aliphatic heterocycles. The molecule has 1 aromatic heterocycles. The van der Waals surface area contributed by atoms with E-state index in [2.05, 4.69) is 5.32 Å². The van der Waals surface area contributed by atoms with E-state index in [-0.39, 0.29) is 54.7 Å². The number of thiophene rings is 1. The van der Waals surface area contributed by atoms with Gasteiger partial charge in [-0.1, -0.05) is 11.6 Å². The first-order valence-electron chi connectivity index (χ1n) is 9.30. The normalized spacial score (nSPS) is 26.1. The Balaban J connectivity index is 1.36. The number of nitrogens with one attached hydrogen (secondary N) is 1. The second-order valence-corrected chi connectivity index (χ2v) is 11.5. The minimum atomic E-state index is -3.65. The summed E-state index contributed by atoms with van der Waals surface area (Å²) in [5, 5.41) is 2.72. The molecule has 0 bridgehead atoms. The summed E-state index contributed by atoms with van der Waals surface area (Å²) in [6.07, 6.45) is 1.77. The molecule has 4 rings (SSSR count). The molecule has 12 heteroatoms. The highest BCUT2D eigenvalue weighted by molar-refractivity contribution is 7.91. The summed E-state index contributed by atoms with van der Waals surface area (Å²) in [5.74, 6) is -0.613. The lowest BCUT2D eigenvalue weighted by molar-refractivity contribution is -0.139. The van der Waals surface area contributed by atoms with Gasteiger partial charge in [0.15, 0.2) is 0 Å². The molecule has 3 fully saturated rings. The zero-order valence-corrected chi connectivity index (χ0v) is 18.1. The maximum Gasteiger partial charge on any atom is 0.325 e. The van der Waals surface area contributed by atoms with Gasteiger partial charge in [-0.15, -0.1) is 11.3 Å². The molecular formula is C17H21ClN4O5S2. The summed E-state index contributed by atoms with van der Waals surface area (Å²) in [4.78, 5) is 40.0. The molecule has 0 radical (unpaired) electrons. The molecule has 1 atom stereocenters. The van der Waals surface area contributed by atoms with E-state index in [0.29, 0.717) is 4.34 Å². The van der Waals surface area contributed by atoms with Gasteiger partial charge in [-0.05, 0) is 37.8 Å². The van der Waals surface area contributed by atoms with Gasteiger partial charge in [0.25, 0.3) is 15.9 Å². The Morgan fingerprint density at radius 3 is 2.45 bits per heavy atom. The van der Waals surface area contributed by atoms with Gasteiger partial charge in [0.2, 0.25) is 5.91 Å². The van der Waals surface area contributed by atoms with Gasteiger partial charge in [0, 0.05) is 26.2 Å². The molecule has 1 aliphatic carbocycles. The summed E-state index contributed by atoms with van der Waals surface area (Å²) in [6, 6.07) is 2.45. The number of carbonyl (C=O) groups excluding carboxylic acids is 3. The van der Waals surface area contributed by atoms with E-state index in [1.165, 1.54) is 21.3 Å². The first-order valence-corrected chi connectivity index (χ1v) is 11.9. The number of hydrogen-bond acceptors (Lipinski definition) is 6. The Labute approximate surface area is 177 Å². The van der Waals surface area contributed by atoms with Gasteiger partial charge in [-0.2, -0.15) is 4.31 Å². The Bertz CT molecular complexity index is 968. The fraction of sp³-hybridized carbons (Fsp3) is 0.588. The molecule has 1 unspecified atom stereocenters. The summed E-state index contributed by atoms with van der Waals surface area (Å²) in [7, 11) is -3.65. The van der Waals surface area contributed by atoms with E-state index in [1.54, 1.807) is 6.92 Å². The topological polar surface area (TPSA) is 107 Å². The van der Waals surface area contributed by atoms with Gasteiger partial charge in [-0.25, -0.2) is 13.2 Å². The van der Waals surface area contributed by atoms with Crippen LogP contribution >= 0.6 is 22.9 Å². The number of rotatable bonds is 5. The van der Waals surface area contributed by atoms with Crippen LogP contribution in [0.25, 0.3) is 0 Å². The zero-order valence-electron chi connectivity index (χ0n) is 15.8. The fourth-order valence-corrected chi connectivity index (χ4v) is 6.83. The van der Waals surface area contributed by atoms with Crippen molar-refractivity contribution in [3.63, 3.8) is 0 Å². The second kappa shape index (κ2) is 7.22. The zero-order chi connectivity index (χ0) is 21.0. The molecular weight excluding hydrogens is 440 g/mol. The average molecular weight is 461 g/mol. The Hall–Kier alpha value is -1.69. The van der Waals surface area contributed by atoms with Crippen LogP contribution in [0.15, 0.2) is 16.3 Å². The van der Waals surface area contributed by atoms with Crippen molar-refractivity contribution in [2.24, 2.45) is 5.92 Å². The molecule has 2 saturated heterocycles. The average Bonchev–Trinajstić information content (AvgIpc) is 3.42. The Morgan fingerprint density at radius 1 is 1.24 bits per heavy atom. The van der Waals surface area contributed by atoms with E-state index in [4.69, 9.17) is 11.6 Å². The van der Waals surface area contributed by atoms with Crippen LogP contribution in [0.5, 0.6) is 0 Å². The number of amides is 4. The summed E-state index contributed by atoms with van der Waals surface area (Å²) < 4.78 is 27.2. The smallest absolute Gasteiger partial charge is 0.325 e. The number of imide groups is 1. The Morgan fingerprint density at radius 2 is 1.90 bits per heavy atom. The van der Waals surface area contributed by atoms with E-state index in [9.17, 15) is 22.8 Å². The number of nitrogens with zero attached hydrogens (tertiary/aromatic N) is 3. The van der Waals surface area contributed by atoms with Gasteiger partial charge >= 0.3 is 6.03 Å². The lowest BCUT2D eigenvalue weighted by Gasteiger charge is -2.34. The molecule has 0 spiro atoms. The van der Waals surface area contributed by atoms with Gasteiger partial charge < -0.3 is 10.2 Å². The standard InChI is InChI=1S/C17H21ClN4O5S2/c1-17(11-2-3-11)15(24)22(16(25)19-17)10-13(23)20-6-8-21(9-7-20)29(26,27)14-5-4-12(18)28-14/h4-5,11H,2-3,6-10H2,1H3,(H,19,25). The maximum atomic E-state index is 12.7. The number of piperazine rings is 1. The maximum absolute atomic E-state index is 12.7. The lowest BCUT2D eigenvalue weighted by Crippen LogP contribution is -2.53. The molecule has 158 valence electrons. The van der Waals surface area contributed by atoms with Crippen molar-refractivity contribution in [2.75, 3.05) is 32.7 Å². The van der Waals surface area contributed by atoms with Crippen molar-refractivity contribution in [3.8, 4) is 0 Å². The van der Waals surface area contributed by atoms with Crippen molar-refractivity contribution in [3.05, 3.63) is 16.5 Å². The monoisotopic (exact) mass is 460 g/mol. The third-order valence-electron chi connectivity index (χ3n) is 5.72. The van der Waals surface area contributed by atoms with Crippen molar-refractivity contribution in [1.29, 1.82) is 0 Å². The highest BCUT2D eigenvalue weighted by Gasteiger charge is 2.56. The molecule has 29 heavy (non-hydrogen) atoms. The fourth-order valence-electron chi connectivity index (χ4n) is 3.77. The summed E-state index contributed by atoms with van der Waals surface area (Å²) in [5.41, 5.74) is -0.924. The lowest BCUT2D eigenvalue weighted by atomic mass is 9.96. The number of sulfonamides is 1. The van der Waals surface area contributed by atoms with Crippen molar-refractivity contribution in [1.82, 2.24) is 19.4 Å². The molecule has 9 nitrogen and oxygen atoms in total. The highest BCUT2D eigenvalue weighted by Crippen LogP contribution is 2.42. The first-order chi connectivity index (χ1) is 13.6. The molecule has 0 aromatic carbocycles. The minimum Gasteiger partial charge on any atom is -0.338 e. The largest absolute Gasteiger partial charge is 0.338 e. The number of halogens is 1. The minimum absolute atomic E-state index is 0.124. The molecule has 3 heterocycles. The molecule has 1 N–H and O–H groups in total. The quantitative estimate of drug-likeness (QED) is 0.658. The van der Waals surface area contributed by atoms with Crippen LogP contribution in [0.2, 0.25) is 4.34 Å². The van der Waals surface area contributed by atoms with Gasteiger partial charge in [0.1, 0.15) is 16.3 Å². The van der Waals surface area contributed by atoms with Gasteiger partial charge in [-0.3, -0.25) is 14.5 Å². The van der Waals surface area contributed by atoms with E-state index >= 15 is 0 Å². The summed E-state index contributed by atoms with van der Waals surface area (Å²) >= 11 is 6.83. The Kier molecular flexibility index (Phi) is 5.12. The van der Waals surface area contributed by atoms with E-state index in [1.807, 2.05) is 0 Å². The molecule has 1 saturated carbocycles. The van der Waals surface area contributed by atoms with Crippen LogP contribution in [0.4, 0.5) is 4.79 Å². The third-order valence-corrected chi connectivity index (χ3v) is 9.32. The van der Waals surface area contributed by atoms with Crippen LogP contribution in [-0.2, 0) is 19.6 Å². The number of hydrogen-bond donors (Lipinski definition) is 1. The molecule has 4 amide bonds. The number of urea groups is 1. The van der Waals surface area contributed by atoms with E-state index < -0.39 is 21.6 Å². The highest BCUT2D eigenvalue weighted by atomic mass is 35.5. The van der Waals surface area contributed by atoms with Crippen LogP contribution in [0.1, 0.15) is 19.8 Å². The van der Waals surface area contributed by atoms with Crippen molar-refractivity contribution in [2.45, 2.75) is 29.5 Å². The predicted octanol–water partition coefficient (Wildman–Crippen LogP) is 0.955. The van der Waals surface area contributed by atoms with E-state index in [0.717, 1.165) is 29.1 Å².